The molecule has 184 valence electrons. The van der Waals surface area contributed by atoms with Gasteiger partial charge in [0.25, 0.3) is 0 Å². The predicted octanol–water partition coefficient (Wildman–Crippen LogP) is 5.18. The van der Waals surface area contributed by atoms with E-state index in [4.69, 9.17) is 4.74 Å². The van der Waals surface area contributed by atoms with Gasteiger partial charge in [-0.3, -0.25) is 9.59 Å². The molecule has 0 aromatic heterocycles. The highest BCUT2D eigenvalue weighted by Crippen LogP contribution is 2.20. The summed E-state index contributed by atoms with van der Waals surface area (Å²) in [4.78, 5) is 29.0. The molecule has 0 saturated heterocycles. The maximum Gasteiger partial charge on any atom is 0.243 e. The minimum Gasteiger partial charge on any atom is -0.497 e. The van der Waals surface area contributed by atoms with E-state index in [9.17, 15) is 9.59 Å². The summed E-state index contributed by atoms with van der Waals surface area (Å²) in [5, 5.41) is 3.10. The van der Waals surface area contributed by atoms with E-state index < -0.39 is 11.6 Å². The fourth-order valence-corrected chi connectivity index (χ4v) is 4.01. The van der Waals surface area contributed by atoms with Crippen molar-refractivity contribution in [3.05, 3.63) is 102 Å². The van der Waals surface area contributed by atoms with Crippen LogP contribution in [-0.4, -0.2) is 35.4 Å². The molecule has 5 heteroatoms. The Hall–Kier alpha value is -3.60. The average Bonchev–Trinajstić information content (AvgIpc) is 2.85. The van der Waals surface area contributed by atoms with E-state index in [1.165, 1.54) is 0 Å². The van der Waals surface area contributed by atoms with Crippen molar-refractivity contribution < 1.29 is 14.3 Å². The molecule has 0 heterocycles. The first kappa shape index (κ1) is 26.0. The Bertz CT molecular complexity index is 1090. The van der Waals surface area contributed by atoms with E-state index in [1.54, 1.807) is 12.0 Å². The fraction of sp³-hybridized carbons (Fsp3) is 0.333. The lowest BCUT2D eigenvalue weighted by Gasteiger charge is -2.34. The molecule has 2 amide bonds. The summed E-state index contributed by atoms with van der Waals surface area (Å²) in [6, 6.07) is 26.8. The highest BCUT2D eigenvalue weighted by molar-refractivity contribution is 5.88. The molecule has 3 rings (SSSR count). The lowest BCUT2D eigenvalue weighted by atomic mass is 10.00. The molecule has 5 nitrogen and oxygen atoms in total. The number of carbonyl (C=O) groups is 2. The van der Waals surface area contributed by atoms with Crippen molar-refractivity contribution in [2.45, 2.75) is 58.2 Å². The van der Waals surface area contributed by atoms with Gasteiger partial charge in [-0.25, -0.2) is 0 Å². The van der Waals surface area contributed by atoms with Gasteiger partial charge in [-0.1, -0.05) is 72.8 Å². The van der Waals surface area contributed by atoms with Crippen LogP contribution in [0.15, 0.2) is 84.9 Å². The number of nitrogens with one attached hydrogen (secondary N) is 1. The van der Waals surface area contributed by atoms with Gasteiger partial charge in [0.15, 0.2) is 0 Å². The standard InChI is InChI=1S/C30H36N2O3/c1-30(2,3)31-29(34)27(21-24-14-9-6-10-15-24)32(22-25-16-11-17-26(20-25)35-4)28(33)19-18-23-12-7-5-8-13-23/h5-17,20,27H,18-19,21-22H2,1-4H3,(H,31,34). The molecule has 0 spiro atoms. The molecule has 0 aliphatic heterocycles. The molecular weight excluding hydrogens is 436 g/mol. The summed E-state index contributed by atoms with van der Waals surface area (Å²) in [6.45, 7) is 6.18. The molecule has 1 atom stereocenters. The SMILES string of the molecule is COc1cccc(CN(C(=O)CCc2ccccc2)C(Cc2ccccc2)C(=O)NC(C)(C)C)c1. The monoisotopic (exact) mass is 472 g/mol. The van der Waals surface area contributed by atoms with Gasteiger partial charge in [-0.05, 0) is 56.0 Å². The number of carbonyl (C=O) groups excluding carboxylic acids is 2. The quantitative estimate of drug-likeness (QED) is 0.442. The number of amides is 2. The van der Waals surface area contributed by atoms with Crippen LogP contribution < -0.4 is 10.1 Å². The second kappa shape index (κ2) is 12.2. The highest BCUT2D eigenvalue weighted by Gasteiger charge is 2.32. The maximum atomic E-state index is 13.7. The molecule has 1 N–H and O–H groups in total. The van der Waals surface area contributed by atoms with Crippen molar-refractivity contribution in [3.8, 4) is 5.75 Å². The van der Waals surface area contributed by atoms with Crippen LogP contribution in [0, 0.1) is 0 Å². The van der Waals surface area contributed by atoms with Gasteiger partial charge in [-0.15, -0.1) is 0 Å². The van der Waals surface area contributed by atoms with Crippen LogP contribution >= 0.6 is 0 Å². The predicted molar refractivity (Wildman–Crippen MR) is 140 cm³/mol. The zero-order valence-electron chi connectivity index (χ0n) is 21.2. The lowest BCUT2D eigenvalue weighted by molar-refractivity contribution is -0.141. The third kappa shape index (κ3) is 8.29. The number of hydrogen-bond acceptors (Lipinski definition) is 3. The van der Waals surface area contributed by atoms with Crippen LogP contribution in [0.3, 0.4) is 0 Å². The van der Waals surface area contributed by atoms with Gasteiger partial charge in [0, 0.05) is 24.9 Å². The van der Waals surface area contributed by atoms with Crippen molar-refractivity contribution in [2.75, 3.05) is 7.11 Å². The molecule has 3 aromatic carbocycles. The fourth-order valence-electron chi connectivity index (χ4n) is 4.01. The van der Waals surface area contributed by atoms with Crippen LogP contribution in [0.25, 0.3) is 0 Å². The number of ether oxygens (including phenoxy) is 1. The first-order chi connectivity index (χ1) is 16.7. The Labute approximate surface area is 209 Å². The molecule has 0 saturated carbocycles. The van der Waals surface area contributed by atoms with Crippen LogP contribution in [0.4, 0.5) is 0 Å². The summed E-state index contributed by atoms with van der Waals surface area (Å²) >= 11 is 0. The van der Waals surface area contributed by atoms with Crippen molar-refractivity contribution >= 4 is 11.8 Å². The van der Waals surface area contributed by atoms with Gasteiger partial charge >= 0.3 is 0 Å². The van der Waals surface area contributed by atoms with Crippen molar-refractivity contribution in [1.29, 1.82) is 0 Å². The molecule has 0 radical (unpaired) electrons. The Kier molecular flexibility index (Phi) is 9.07. The second-order valence-corrected chi connectivity index (χ2v) is 9.80. The topological polar surface area (TPSA) is 58.6 Å². The number of benzene rings is 3. The van der Waals surface area contributed by atoms with Gasteiger partial charge < -0.3 is 15.0 Å². The van der Waals surface area contributed by atoms with E-state index in [-0.39, 0.29) is 11.8 Å². The van der Waals surface area contributed by atoms with Crippen LogP contribution in [0.5, 0.6) is 5.75 Å². The van der Waals surface area contributed by atoms with E-state index in [2.05, 4.69) is 5.32 Å². The van der Waals surface area contributed by atoms with Crippen LogP contribution in [-0.2, 0) is 29.0 Å². The maximum absolute atomic E-state index is 13.7. The van der Waals surface area contributed by atoms with Gasteiger partial charge in [0.1, 0.15) is 11.8 Å². The van der Waals surface area contributed by atoms with E-state index in [1.807, 2.05) is 106 Å². The average molecular weight is 473 g/mol. The molecule has 0 aliphatic rings. The third-order valence-electron chi connectivity index (χ3n) is 5.73. The van der Waals surface area contributed by atoms with E-state index in [0.29, 0.717) is 25.8 Å². The molecule has 35 heavy (non-hydrogen) atoms. The van der Waals surface area contributed by atoms with Gasteiger partial charge in [0.2, 0.25) is 11.8 Å². The smallest absolute Gasteiger partial charge is 0.243 e. The van der Waals surface area contributed by atoms with Crippen LogP contribution in [0.1, 0.15) is 43.9 Å². The molecule has 0 fully saturated rings. The van der Waals surface area contributed by atoms with Crippen molar-refractivity contribution in [1.82, 2.24) is 10.2 Å². The first-order valence-corrected chi connectivity index (χ1v) is 12.1. The number of hydrogen-bond donors (Lipinski definition) is 1. The van der Waals surface area contributed by atoms with Crippen molar-refractivity contribution in [2.24, 2.45) is 0 Å². The Morgan fingerprint density at radius 2 is 1.46 bits per heavy atom. The van der Waals surface area contributed by atoms with E-state index in [0.717, 1.165) is 22.4 Å². The zero-order chi connectivity index (χ0) is 25.3. The van der Waals surface area contributed by atoms with E-state index >= 15 is 0 Å². The lowest BCUT2D eigenvalue weighted by Crippen LogP contribution is -2.54. The van der Waals surface area contributed by atoms with Gasteiger partial charge in [-0.2, -0.15) is 0 Å². The van der Waals surface area contributed by atoms with Crippen LogP contribution in [0.2, 0.25) is 0 Å². The summed E-state index contributed by atoms with van der Waals surface area (Å²) < 4.78 is 5.39. The first-order valence-electron chi connectivity index (χ1n) is 12.1. The number of methoxy groups -OCH3 is 1. The molecule has 3 aromatic rings. The largest absolute Gasteiger partial charge is 0.497 e. The molecule has 1 unspecified atom stereocenters. The summed E-state index contributed by atoms with van der Waals surface area (Å²) in [6.07, 6.45) is 1.37. The second-order valence-electron chi connectivity index (χ2n) is 9.80. The number of aryl methyl sites for hydroxylation is 1. The van der Waals surface area contributed by atoms with Gasteiger partial charge in [0.05, 0.1) is 7.11 Å². The Morgan fingerprint density at radius 3 is 2.06 bits per heavy atom. The Morgan fingerprint density at radius 1 is 0.857 bits per heavy atom. The molecular formula is C30H36N2O3. The summed E-state index contributed by atoms with van der Waals surface area (Å²) in [7, 11) is 1.62. The summed E-state index contributed by atoms with van der Waals surface area (Å²) in [5.74, 6) is 0.511. The third-order valence-corrected chi connectivity index (χ3v) is 5.73. The zero-order valence-corrected chi connectivity index (χ0v) is 21.2. The normalized spacial score (nSPS) is 12.0. The molecule has 0 bridgehead atoms. The minimum absolute atomic E-state index is 0.0540. The minimum atomic E-state index is -0.647. The van der Waals surface area contributed by atoms with Crippen molar-refractivity contribution in [3.63, 3.8) is 0 Å². The Balaban J connectivity index is 1.94. The number of nitrogens with zero attached hydrogens (tertiary/aromatic N) is 1. The highest BCUT2D eigenvalue weighted by atomic mass is 16.5. The molecule has 0 aliphatic carbocycles. The summed E-state index contributed by atoms with van der Waals surface area (Å²) in [5.41, 5.74) is 2.61. The number of rotatable bonds is 10.